The van der Waals surface area contributed by atoms with Crippen LogP contribution in [0.4, 0.5) is 0 Å². The molecule has 96 valence electrons. The van der Waals surface area contributed by atoms with E-state index in [4.69, 9.17) is 16.3 Å². The monoisotopic (exact) mass is 255 g/mol. The zero-order valence-corrected chi connectivity index (χ0v) is 11.8. The van der Waals surface area contributed by atoms with E-state index in [1.807, 2.05) is 19.1 Å². The number of aryl methyl sites for hydroxylation is 2. The SMILES string of the molecule is CCc1nc(C)ccc1OCCC(C)CCCl. The molecule has 3 heteroatoms. The van der Waals surface area contributed by atoms with Crippen LogP contribution in [0.2, 0.25) is 0 Å². The molecule has 0 bridgehead atoms. The molecule has 0 saturated heterocycles. The van der Waals surface area contributed by atoms with Gasteiger partial charge in [-0.15, -0.1) is 11.6 Å². The van der Waals surface area contributed by atoms with Crippen molar-refractivity contribution in [2.24, 2.45) is 5.92 Å². The van der Waals surface area contributed by atoms with Crippen molar-refractivity contribution >= 4 is 11.6 Å². The van der Waals surface area contributed by atoms with Crippen LogP contribution in [0.5, 0.6) is 5.75 Å². The summed E-state index contributed by atoms with van der Waals surface area (Å²) in [4.78, 5) is 4.48. The van der Waals surface area contributed by atoms with Gasteiger partial charge in [0.15, 0.2) is 0 Å². The number of alkyl halides is 1. The summed E-state index contributed by atoms with van der Waals surface area (Å²) in [5.74, 6) is 2.28. The molecule has 0 aromatic carbocycles. The normalized spacial score (nSPS) is 12.5. The van der Waals surface area contributed by atoms with Gasteiger partial charge in [-0.3, -0.25) is 4.98 Å². The first-order valence-electron chi connectivity index (χ1n) is 6.32. The second-order valence-corrected chi connectivity index (χ2v) is 4.85. The van der Waals surface area contributed by atoms with Crippen molar-refractivity contribution in [3.05, 3.63) is 23.5 Å². The van der Waals surface area contributed by atoms with Crippen molar-refractivity contribution in [1.82, 2.24) is 4.98 Å². The molecule has 0 saturated carbocycles. The summed E-state index contributed by atoms with van der Waals surface area (Å²) in [6.07, 6.45) is 3.01. The Balaban J connectivity index is 2.46. The first-order valence-corrected chi connectivity index (χ1v) is 6.86. The molecule has 0 N–H and O–H groups in total. The Labute approximate surface area is 109 Å². The third kappa shape index (κ3) is 4.95. The summed E-state index contributed by atoms with van der Waals surface area (Å²) in [5, 5.41) is 0. The number of ether oxygens (including phenoxy) is 1. The average molecular weight is 256 g/mol. The Kier molecular flexibility index (Phi) is 6.35. The van der Waals surface area contributed by atoms with Gasteiger partial charge in [0, 0.05) is 11.6 Å². The summed E-state index contributed by atoms with van der Waals surface area (Å²) >= 11 is 5.71. The van der Waals surface area contributed by atoms with Crippen LogP contribution in [0, 0.1) is 12.8 Å². The predicted molar refractivity (Wildman–Crippen MR) is 73.0 cm³/mol. The summed E-state index contributed by atoms with van der Waals surface area (Å²) in [5.41, 5.74) is 2.10. The Morgan fingerprint density at radius 2 is 2.12 bits per heavy atom. The second kappa shape index (κ2) is 7.54. The van der Waals surface area contributed by atoms with Crippen LogP contribution in [0.3, 0.4) is 0 Å². The summed E-state index contributed by atoms with van der Waals surface area (Å²) < 4.78 is 5.79. The molecule has 1 unspecified atom stereocenters. The molecular formula is C14H22ClNO. The highest BCUT2D eigenvalue weighted by molar-refractivity contribution is 6.17. The zero-order chi connectivity index (χ0) is 12.7. The summed E-state index contributed by atoms with van der Waals surface area (Å²) in [6.45, 7) is 7.06. The van der Waals surface area contributed by atoms with Gasteiger partial charge < -0.3 is 4.74 Å². The number of hydrogen-bond donors (Lipinski definition) is 0. The number of pyridine rings is 1. The molecule has 1 aromatic heterocycles. The van der Waals surface area contributed by atoms with Crippen LogP contribution in [-0.4, -0.2) is 17.5 Å². The lowest BCUT2D eigenvalue weighted by molar-refractivity contribution is 0.278. The van der Waals surface area contributed by atoms with E-state index in [2.05, 4.69) is 18.8 Å². The average Bonchev–Trinajstić information content (AvgIpc) is 2.31. The van der Waals surface area contributed by atoms with E-state index in [-0.39, 0.29) is 0 Å². The molecule has 0 fully saturated rings. The van der Waals surface area contributed by atoms with Gasteiger partial charge in [0.1, 0.15) is 5.75 Å². The van der Waals surface area contributed by atoms with Crippen LogP contribution in [0.25, 0.3) is 0 Å². The number of halogens is 1. The minimum Gasteiger partial charge on any atom is -0.492 e. The van der Waals surface area contributed by atoms with E-state index >= 15 is 0 Å². The van der Waals surface area contributed by atoms with Crippen LogP contribution in [0.15, 0.2) is 12.1 Å². The standard InChI is InChI=1S/C14H22ClNO/c1-4-13-14(6-5-12(3)16-13)17-10-8-11(2)7-9-15/h5-6,11H,4,7-10H2,1-3H3. The molecule has 1 rings (SSSR count). The summed E-state index contributed by atoms with van der Waals surface area (Å²) in [7, 11) is 0. The fourth-order valence-corrected chi connectivity index (χ4v) is 2.06. The van der Waals surface area contributed by atoms with Gasteiger partial charge in [-0.05, 0) is 44.2 Å². The van der Waals surface area contributed by atoms with Crippen LogP contribution >= 0.6 is 11.6 Å². The molecule has 1 aromatic rings. The molecule has 17 heavy (non-hydrogen) atoms. The molecular weight excluding hydrogens is 234 g/mol. The van der Waals surface area contributed by atoms with Gasteiger partial charge in [-0.25, -0.2) is 0 Å². The fourth-order valence-electron chi connectivity index (χ4n) is 1.68. The maximum absolute atomic E-state index is 5.79. The Hall–Kier alpha value is -0.760. The third-order valence-electron chi connectivity index (χ3n) is 2.88. The number of aromatic nitrogens is 1. The van der Waals surface area contributed by atoms with E-state index in [9.17, 15) is 0 Å². The minimum absolute atomic E-state index is 0.621. The topological polar surface area (TPSA) is 22.1 Å². The highest BCUT2D eigenvalue weighted by Gasteiger charge is 2.05. The lowest BCUT2D eigenvalue weighted by Gasteiger charge is -2.13. The van der Waals surface area contributed by atoms with E-state index in [1.165, 1.54) is 0 Å². The van der Waals surface area contributed by atoms with Gasteiger partial charge in [0.25, 0.3) is 0 Å². The zero-order valence-electron chi connectivity index (χ0n) is 11.0. The third-order valence-corrected chi connectivity index (χ3v) is 3.09. The second-order valence-electron chi connectivity index (χ2n) is 4.47. The summed E-state index contributed by atoms with van der Waals surface area (Å²) in [6, 6.07) is 4.02. The van der Waals surface area contributed by atoms with E-state index in [1.54, 1.807) is 0 Å². The molecule has 0 amide bonds. The van der Waals surface area contributed by atoms with Crippen molar-refractivity contribution < 1.29 is 4.74 Å². The van der Waals surface area contributed by atoms with Crippen molar-refractivity contribution in [2.75, 3.05) is 12.5 Å². The smallest absolute Gasteiger partial charge is 0.140 e. The Morgan fingerprint density at radius 3 is 2.76 bits per heavy atom. The van der Waals surface area contributed by atoms with Crippen molar-refractivity contribution in [1.29, 1.82) is 0 Å². The molecule has 0 radical (unpaired) electrons. The molecule has 2 nitrogen and oxygen atoms in total. The molecule has 0 aliphatic rings. The lowest BCUT2D eigenvalue weighted by Crippen LogP contribution is -2.06. The van der Waals surface area contributed by atoms with Crippen molar-refractivity contribution in [3.8, 4) is 5.75 Å². The van der Waals surface area contributed by atoms with Gasteiger partial charge in [0.2, 0.25) is 0 Å². The van der Waals surface area contributed by atoms with Gasteiger partial charge in [-0.2, -0.15) is 0 Å². The van der Waals surface area contributed by atoms with Crippen molar-refractivity contribution in [3.63, 3.8) is 0 Å². The van der Waals surface area contributed by atoms with E-state index in [0.29, 0.717) is 5.92 Å². The molecule has 1 atom stereocenters. The van der Waals surface area contributed by atoms with E-state index < -0.39 is 0 Å². The molecule has 0 aliphatic carbocycles. The van der Waals surface area contributed by atoms with Crippen LogP contribution in [0.1, 0.15) is 38.1 Å². The fraction of sp³-hybridized carbons (Fsp3) is 0.643. The first-order chi connectivity index (χ1) is 8.17. The molecule has 0 aliphatic heterocycles. The van der Waals surface area contributed by atoms with Crippen molar-refractivity contribution in [2.45, 2.75) is 40.0 Å². The van der Waals surface area contributed by atoms with Gasteiger partial charge in [0.05, 0.1) is 12.3 Å². The lowest BCUT2D eigenvalue weighted by atomic mass is 10.1. The maximum Gasteiger partial charge on any atom is 0.140 e. The first kappa shape index (κ1) is 14.3. The number of hydrogen-bond acceptors (Lipinski definition) is 2. The van der Waals surface area contributed by atoms with E-state index in [0.717, 1.165) is 48.9 Å². The largest absolute Gasteiger partial charge is 0.492 e. The maximum atomic E-state index is 5.79. The highest BCUT2D eigenvalue weighted by atomic mass is 35.5. The minimum atomic E-state index is 0.621. The van der Waals surface area contributed by atoms with Gasteiger partial charge >= 0.3 is 0 Å². The highest BCUT2D eigenvalue weighted by Crippen LogP contribution is 2.18. The van der Waals surface area contributed by atoms with Gasteiger partial charge in [-0.1, -0.05) is 13.8 Å². The Morgan fingerprint density at radius 1 is 1.35 bits per heavy atom. The van der Waals surface area contributed by atoms with Crippen LogP contribution in [-0.2, 0) is 6.42 Å². The Bertz CT molecular complexity index is 341. The van der Waals surface area contributed by atoms with Crippen LogP contribution < -0.4 is 4.74 Å². The number of nitrogens with zero attached hydrogens (tertiary/aromatic N) is 1. The predicted octanol–water partition coefficient (Wildman–Crippen LogP) is 3.99. The molecule has 1 heterocycles. The quantitative estimate of drug-likeness (QED) is 0.688. The molecule has 0 spiro atoms. The number of rotatable bonds is 7.